The van der Waals surface area contributed by atoms with E-state index in [1.54, 1.807) is 6.92 Å². The van der Waals surface area contributed by atoms with Crippen molar-refractivity contribution in [1.82, 2.24) is 0 Å². The van der Waals surface area contributed by atoms with Crippen molar-refractivity contribution in [3.05, 3.63) is 29.8 Å². The third-order valence-corrected chi connectivity index (χ3v) is 2.26. The van der Waals surface area contributed by atoms with Crippen molar-refractivity contribution in [3.63, 3.8) is 0 Å². The summed E-state index contributed by atoms with van der Waals surface area (Å²) < 4.78 is 4.08. The molecule has 5 nitrogen and oxygen atoms in total. The molecule has 0 amide bonds. The highest BCUT2D eigenvalue weighted by molar-refractivity contribution is 6.40. The summed E-state index contributed by atoms with van der Waals surface area (Å²) in [5.41, 5.74) is 10.2. The van der Waals surface area contributed by atoms with Crippen LogP contribution in [-0.4, -0.2) is 11.7 Å². The third-order valence-electron chi connectivity index (χ3n) is 2.12. The first-order chi connectivity index (χ1) is 8.21. The lowest BCUT2D eigenvalue weighted by molar-refractivity contribution is -0.126. The first kappa shape index (κ1) is 13.5. The lowest BCUT2D eigenvalue weighted by Crippen LogP contribution is -2.14. The van der Waals surface area contributed by atoms with Crippen molar-refractivity contribution < 1.29 is 9.08 Å². The second-order valence-electron chi connectivity index (χ2n) is 3.29. The average molecular weight is 256 g/mol. The molecule has 0 fully saturated rings. The normalized spacial score (nSPS) is 11.1. The van der Waals surface area contributed by atoms with E-state index in [4.69, 9.17) is 17.6 Å². The van der Waals surface area contributed by atoms with Crippen LogP contribution in [0.3, 0.4) is 0 Å². The van der Waals surface area contributed by atoms with Crippen LogP contribution in [0.25, 0.3) is 0 Å². The summed E-state index contributed by atoms with van der Waals surface area (Å²) in [5.74, 6) is -0.656. The van der Waals surface area contributed by atoms with Crippen LogP contribution in [0.4, 0.5) is 5.69 Å². The summed E-state index contributed by atoms with van der Waals surface area (Å²) >= 11 is 4.98. The van der Waals surface area contributed by atoms with Gasteiger partial charge in [-0.3, -0.25) is 5.43 Å². The zero-order valence-electron chi connectivity index (χ0n) is 9.44. The second-order valence-corrected chi connectivity index (χ2v) is 3.45. The summed E-state index contributed by atoms with van der Waals surface area (Å²) in [5, 5.41) is 3.93. The van der Waals surface area contributed by atoms with Gasteiger partial charge in [0.15, 0.2) is 0 Å². The third kappa shape index (κ3) is 4.05. The van der Waals surface area contributed by atoms with Crippen LogP contribution in [0.2, 0.25) is 0 Å². The molecule has 0 saturated heterocycles. The number of hydrazone groups is 1. The fourth-order valence-electron chi connectivity index (χ4n) is 1.21. The maximum atomic E-state index is 11.1. The van der Waals surface area contributed by atoms with Gasteiger partial charge in [0.05, 0.1) is 5.69 Å². The van der Waals surface area contributed by atoms with E-state index in [1.165, 1.54) is 0 Å². The van der Waals surface area contributed by atoms with Gasteiger partial charge in [-0.25, -0.2) is 4.79 Å². The zero-order chi connectivity index (χ0) is 12.7. The number of hydrogen-bond acceptors (Lipinski definition) is 5. The van der Waals surface area contributed by atoms with Crippen molar-refractivity contribution in [1.29, 1.82) is 0 Å². The van der Waals surface area contributed by atoms with Gasteiger partial charge in [0.25, 0.3) is 0 Å². The molecule has 1 aromatic carbocycles. The van der Waals surface area contributed by atoms with E-state index in [-0.39, 0.29) is 5.71 Å². The number of anilines is 1. The SMILES string of the molecule is CC/C(=N/Nc1cccc(CN)c1)C(=O)OCl. The fourth-order valence-corrected chi connectivity index (χ4v) is 1.30. The summed E-state index contributed by atoms with van der Waals surface area (Å²) in [6.07, 6.45) is 0.426. The average Bonchev–Trinajstić information content (AvgIpc) is 2.39. The molecule has 17 heavy (non-hydrogen) atoms. The molecule has 0 aliphatic rings. The van der Waals surface area contributed by atoms with Crippen molar-refractivity contribution >= 4 is 29.2 Å². The molecule has 0 aromatic heterocycles. The van der Waals surface area contributed by atoms with Gasteiger partial charge in [0, 0.05) is 6.54 Å². The minimum absolute atomic E-state index is 0.221. The standard InChI is InChI=1S/C11H14ClN3O2/c1-2-10(11(16)17-12)15-14-9-5-3-4-8(6-9)7-13/h3-6,14H,2,7,13H2,1H3/b15-10-. The number of halogens is 1. The van der Waals surface area contributed by atoms with E-state index >= 15 is 0 Å². The number of nitrogens with one attached hydrogen (secondary N) is 1. The quantitative estimate of drug-likeness (QED) is 0.623. The first-order valence-electron chi connectivity index (χ1n) is 5.15. The molecule has 1 aromatic rings. The molecule has 0 aliphatic heterocycles. The maximum absolute atomic E-state index is 11.1. The van der Waals surface area contributed by atoms with E-state index in [1.807, 2.05) is 24.3 Å². The predicted octanol–water partition coefficient (Wildman–Crippen LogP) is 2.02. The topological polar surface area (TPSA) is 76.7 Å². The van der Waals surface area contributed by atoms with E-state index in [0.717, 1.165) is 11.3 Å². The smallest absolute Gasteiger partial charge is 0.342 e. The predicted molar refractivity (Wildman–Crippen MR) is 67.6 cm³/mol. The Labute approximate surface area is 105 Å². The molecule has 0 radical (unpaired) electrons. The molecule has 0 heterocycles. The molecular weight excluding hydrogens is 242 g/mol. The van der Waals surface area contributed by atoms with Crippen LogP contribution in [0.1, 0.15) is 18.9 Å². The van der Waals surface area contributed by atoms with Crippen molar-refractivity contribution in [2.24, 2.45) is 10.8 Å². The highest BCUT2D eigenvalue weighted by Crippen LogP contribution is 2.10. The Morgan fingerprint density at radius 1 is 1.59 bits per heavy atom. The Hall–Kier alpha value is -1.59. The first-order valence-corrected chi connectivity index (χ1v) is 5.46. The van der Waals surface area contributed by atoms with Gasteiger partial charge in [0.1, 0.15) is 17.6 Å². The second kappa shape index (κ2) is 6.88. The van der Waals surface area contributed by atoms with E-state index < -0.39 is 5.97 Å². The Balaban J connectivity index is 2.76. The molecule has 0 bridgehead atoms. The molecule has 3 N–H and O–H groups in total. The Bertz CT molecular complexity index is 421. The zero-order valence-corrected chi connectivity index (χ0v) is 10.2. The van der Waals surface area contributed by atoms with Gasteiger partial charge in [0.2, 0.25) is 0 Å². The maximum Gasteiger partial charge on any atom is 0.372 e. The number of hydrogen-bond donors (Lipinski definition) is 2. The molecule has 0 saturated carbocycles. The fraction of sp³-hybridized carbons (Fsp3) is 0.273. The Morgan fingerprint density at radius 3 is 2.94 bits per heavy atom. The van der Waals surface area contributed by atoms with E-state index in [0.29, 0.717) is 13.0 Å². The summed E-state index contributed by atoms with van der Waals surface area (Å²) in [6.45, 7) is 2.23. The molecule has 0 spiro atoms. The number of benzene rings is 1. The number of carbonyl (C=O) groups excluding carboxylic acids is 1. The minimum atomic E-state index is -0.656. The number of rotatable bonds is 5. The van der Waals surface area contributed by atoms with Crippen LogP contribution in [0.5, 0.6) is 0 Å². The van der Waals surface area contributed by atoms with Crippen molar-refractivity contribution in [2.75, 3.05) is 5.43 Å². The lowest BCUT2D eigenvalue weighted by Gasteiger charge is -2.04. The molecule has 6 heteroatoms. The minimum Gasteiger partial charge on any atom is -0.342 e. The molecule has 0 atom stereocenters. The van der Waals surface area contributed by atoms with Crippen LogP contribution in [0.15, 0.2) is 29.4 Å². The molecule has 0 unspecified atom stereocenters. The van der Waals surface area contributed by atoms with Gasteiger partial charge < -0.3 is 10.0 Å². The van der Waals surface area contributed by atoms with E-state index in [9.17, 15) is 4.79 Å². The summed E-state index contributed by atoms with van der Waals surface area (Å²) in [4.78, 5) is 11.1. The van der Waals surface area contributed by atoms with Crippen LogP contribution in [0, 0.1) is 0 Å². The molecule has 92 valence electrons. The van der Waals surface area contributed by atoms with Gasteiger partial charge in [-0.2, -0.15) is 5.10 Å². The summed E-state index contributed by atoms with van der Waals surface area (Å²) in [6, 6.07) is 7.43. The molecule has 1 rings (SSSR count). The van der Waals surface area contributed by atoms with Gasteiger partial charge >= 0.3 is 5.97 Å². The van der Waals surface area contributed by atoms with Gasteiger partial charge in [-0.15, -0.1) is 0 Å². The highest BCUT2D eigenvalue weighted by Gasteiger charge is 2.10. The Kier molecular flexibility index (Phi) is 5.45. The van der Waals surface area contributed by atoms with Gasteiger partial charge in [-0.05, 0) is 24.1 Å². The lowest BCUT2D eigenvalue weighted by atomic mass is 10.2. The number of carbonyl (C=O) groups is 1. The molecule has 0 aliphatic carbocycles. The van der Waals surface area contributed by atoms with Crippen LogP contribution >= 0.6 is 11.9 Å². The highest BCUT2D eigenvalue weighted by atomic mass is 35.5. The largest absolute Gasteiger partial charge is 0.372 e. The number of nitrogens with zero attached hydrogens (tertiary/aromatic N) is 1. The van der Waals surface area contributed by atoms with Crippen LogP contribution in [-0.2, 0) is 15.6 Å². The van der Waals surface area contributed by atoms with Gasteiger partial charge in [-0.1, -0.05) is 19.1 Å². The van der Waals surface area contributed by atoms with Crippen molar-refractivity contribution in [2.45, 2.75) is 19.9 Å². The van der Waals surface area contributed by atoms with Crippen LogP contribution < -0.4 is 11.2 Å². The monoisotopic (exact) mass is 255 g/mol. The van der Waals surface area contributed by atoms with Crippen molar-refractivity contribution in [3.8, 4) is 0 Å². The summed E-state index contributed by atoms with van der Waals surface area (Å²) in [7, 11) is 0. The number of nitrogens with two attached hydrogens (primary N) is 1. The molecular formula is C11H14ClN3O2. The van der Waals surface area contributed by atoms with E-state index in [2.05, 4.69) is 14.8 Å². The Morgan fingerprint density at radius 2 is 2.35 bits per heavy atom.